The Morgan fingerprint density at radius 2 is 2.18 bits per heavy atom. The van der Waals surface area contributed by atoms with Gasteiger partial charge in [0.05, 0.1) is 6.10 Å². The van der Waals surface area contributed by atoms with Gasteiger partial charge in [0, 0.05) is 16.9 Å². The molecule has 0 radical (unpaired) electrons. The fraction of sp³-hybridized carbons (Fsp3) is 0.571. The summed E-state index contributed by atoms with van der Waals surface area (Å²) < 4.78 is 1.04. The van der Waals surface area contributed by atoms with E-state index in [9.17, 15) is 5.11 Å². The van der Waals surface area contributed by atoms with Crippen molar-refractivity contribution in [1.82, 2.24) is 0 Å². The molecule has 1 aliphatic carbocycles. The van der Waals surface area contributed by atoms with E-state index < -0.39 is 0 Å². The molecule has 1 aliphatic rings. The summed E-state index contributed by atoms with van der Waals surface area (Å²) in [6, 6.07) is 8.09. The molecule has 0 saturated heterocycles. The highest BCUT2D eigenvalue weighted by Crippen LogP contribution is 2.41. The molecule has 3 N–H and O–H groups in total. The molecule has 0 aromatic heterocycles. The van der Waals surface area contributed by atoms with Crippen LogP contribution in [0.1, 0.15) is 31.2 Å². The zero-order valence-electron chi connectivity index (χ0n) is 10.1. The lowest BCUT2D eigenvalue weighted by atomic mass is 9.84. The van der Waals surface area contributed by atoms with Crippen molar-refractivity contribution < 1.29 is 5.11 Å². The van der Waals surface area contributed by atoms with Crippen molar-refractivity contribution in [3.8, 4) is 0 Å². The minimum Gasteiger partial charge on any atom is -0.392 e. The van der Waals surface area contributed by atoms with Gasteiger partial charge in [-0.15, -0.1) is 0 Å². The van der Waals surface area contributed by atoms with E-state index in [0.29, 0.717) is 18.4 Å². The van der Waals surface area contributed by atoms with Crippen molar-refractivity contribution in [1.29, 1.82) is 0 Å². The van der Waals surface area contributed by atoms with Gasteiger partial charge in [0.15, 0.2) is 0 Å². The molecule has 3 heteroatoms. The van der Waals surface area contributed by atoms with Gasteiger partial charge in [-0.3, -0.25) is 0 Å². The monoisotopic (exact) mass is 297 g/mol. The molecule has 1 saturated carbocycles. The van der Waals surface area contributed by atoms with Gasteiger partial charge in [-0.05, 0) is 42.4 Å². The van der Waals surface area contributed by atoms with E-state index in [0.717, 1.165) is 10.0 Å². The average Bonchev–Trinajstić information content (AvgIpc) is 3.13. The van der Waals surface area contributed by atoms with Crippen LogP contribution >= 0.6 is 15.9 Å². The Morgan fingerprint density at radius 3 is 2.71 bits per heavy atom. The molecule has 3 unspecified atom stereocenters. The van der Waals surface area contributed by atoms with Gasteiger partial charge >= 0.3 is 0 Å². The second-order valence-corrected chi connectivity index (χ2v) is 6.00. The van der Waals surface area contributed by atoms with E-state index in [1.165, 1.54) is 12.8 Å². The van der Waals surface area contributed by atoms with Crippen LogP contribution in [-0.4, -0.2) is 17.8 Å². The van der Waals surface area contributed by atoms with Crippen LogP contribution in [-0.2, 0) is 0 Å². The van der Waals surface area contributed by atoms with Gasteiger partial charge in [-0.1, -0.05) is 35.0 Å². The van der Waals surface area contributed by atoms with Crippen LogP contribution in [0.2, 0.25) is 0 Å². The molecule has 3 atom stereocenters. The zero-order chi connectivity index (χ0) is 12.4. The number of rotatable bonds is 5. The summed E-state index contributed by atoms with van der Waals surface area (Å²) in [5, 5.41) is 10.4. The molecule has 0 heterocycles. The standard InChI is InChI=1S/C14H20BrNO/c1-9(10-5-6-10)14(17)13(8-16)11-3-2-4-12(15)7-11/h2-4,7,9-10,13-14,17H,5-6,8,16H2,1H3. The summed E-state index contributed by atoms with van der Waals surface area (Å²) >= 11 is 3.46. The maximum atomic E-state index is 10.4. The van der Waals surface area contributed by atoms with Crippen molar-refractivity contribution in [2.45, 2.75) is 31.8 Å². The lowest BCUT2D eigenvalue weighted by Crippen LogP contribution is -2.32. The Bertz CT molecular complexity index is 378. The topological polar surface area (TPSA) is 46.2 Å². The molecule has 1 aromatic rings. The summed E-state index contributed by atoms with van der Waals surface area (Å²) in [6.45, 7) is 2.64. The van der Waals surface area contributed by atoms with Crippen molar-refractivity contribution in [3.63, 3.8) is 0 Å². The lowest BCUT2D eigenvalue weighted by Gasteiger charge is -2.27. The second-order valence-electron chi connectivity index (χ2n) is 5.08. The van der Waals surface area contributed by atoms with Crippen LogP contribution < -0.4 is 5.73 Å². The molecular formula is C14H20BrNO. The Hall–Kier alpha value is -0.380. The Morgan fingerprint density at radius 1 is 1.47 bits per heavy atom. The number of nitrogens with two attached hydrogens (primary N) is 1. The van der Waals surface area contributed by atoms with E-state index >= 15 is 0 Å². The van der Waals surface area contributed by atoms with Crippen LogP contribution in [0.25, 0.3) is 0 Å². The molecule has 1 fully saturated rings. The highest BCUT2D eigenvalue weighted by molar-refractivity contribution is 9.10. The molecule has 0 bridgehead atoms. The van der Waals surface area contributed by atoms with Gasteiger partial charge in [0.1, 0.15) is 0 Å². The number of hydrogen-bond acceptors (Lipinski definition) is 2. The first-order valence-electron chi connectivity index (χ1n) is 6.27. The van der Waals surface area contributed by atoms with E-state index in [1.807, 2.05) is 18.2 Å². The van der Waals surface area contributed by atoms with Gasteiger partial charge in [-0.25, -0.2) is 0 Å². The summed E-state index contributed by atoms with van der Waals surface area (Å²) in [5.74, 6) is 1.09. The Labute approximate surface area is 111 Å². The predicted octanol–water partition coefficient (Wildman–Crippen LogP) is 2.90. The lowest BCUT2D eigenvalue weighted by molar-refractivity contribution is 0.0801. The van der Waals surface area contributed by atoms with E-state index in [4.69, 9.17) is 5.73 Å². The van der Waals surface area contributed by atoms with E-state index in [2.05, 4.69) is 28.9 Å². The van der Waals surface area contributed by atoms with Crippen LogP contribution in [0, 0.1) is 11.8 Å². The molecule has 1 aromatic carbocycles. The number of aliphatic hydroxyl groups is 1. The molecular weight excluding hydrogens is 278 g/mol. The predicted molar refractivity (Wildman–Crippen MR) is 73.8 cm³/mol. The fourth-order valence-corrected chi connectivity index (χ4v) is 2.89. The van der Waals surface area contributed by atoms with Crippen LogP contribution in [0.15, 0.2) is 28.7 Å². The number of aliphatic hydroxyl groups excluding tert-OH is 1. The first-order valence-corrected chi connectivity index (χ1v) is 7.06. The van der Waals surface area contributed by atoms with Crippen molar-refractivity contribution in [2.24, 2.45) is 17.6 Å². The average molecular weight is 298 g/mol. The summed E-state index contributed by atoms with van der Waals surface area (Å²) in [7, 11) is 0. The first kappa shape index (κ1) is 13.1. The Balaban J connectivity index is 2.14. The SMILES string of the molecule is CC(C1CC1)C(O)C(CN)c1cccc(Br)c1. The molecule has 0 spiro atoms. The van der Waals surface area contributed by atoms with Crippen molar-refractivity contribution in [3.05, 3.63) is 34.3 Å². The molecule has 94 valence electrons. The van der Waals surface area contributed by atoms with E-state index in [1.54, 1.807) is 0 Å². The quantitative estimate of drug-likeness (QED) is 0.878. The molecule has 0 aliphatic heterocycles. The van der Waals surface area contributed by atoms with E-state index in [-0.39, 0.29) is 12.0 Å². The van der Waals surface area contributed by atoms with Crippen LogP contribution in [0.5, 0.6) is 0 Å². The summed E-state index contributed by atoms with van der Waals surface area (Å²) in [4.78, 5) is 0. The molecule has 17 heavy (non-hydrogen) atoms. The van der Waals surface area contributed by atoms with Crippen LogP contribution in [0.4, 0.5) is 0 Å². The number of halogens is 1. The number of benzene rings is 1. The third-order valence-corrected chi connectivity index (χ3v) is 4.34. The highest BCUT2D eigenvalue weighted by atomic mass is 79.9. The van der Waals surface area contributed by atoms with Gasteiger partial charge in [0.25, 0.3) is 0 Å². The maximum absolute atomic E-state index is 10.4. The van der Waals surface area contributed by atoms with Gasteiger partial charge < -0.3 is 10.8 Å². The molecule has 0 amide bonds. The summed E-state index contributed by atoms with van der Waals surface area (Å²) in [6.07, 6.45) is 2.18. The third-order valence-electron chi connectivity index (χ3n) is 3.85. The van der Waals surface area contributed by atoms with Crippen LogP contribution in [0.3, 0.4) is 0 Å². The third kappa shape index (κ3) is 3.09. The smallest absolute Gasteiger partial charge is 0.0649 e. The maximum Gasteiger partial charge on any atom is 0.0649 e. The largest absolute Gasteiger partial charge is 0.392 e. The second kappa shape index (κ2) is 5.51. The minimum atomic E-state index is -0.332. The highest BCUT2D eigenvalue weighted by Gasteiger charge is 2.36. The normalized spacial score (nSPS) is 20.9. The Kier molecular flexibility index (Phi) is 4.23. The molecule has 2 rings (SSSR count). The van der Waals surface area contributed by atoms with Gasteiger partial charge in [-0.2, -0.15) is 0 Å². The first-order chi connectivity index (χ1) is 8.13. The van der Waals surface area contributed by atoms with Crippen molar-refractivity contribution in [2.75, 3.05) is 6.54 Å². The molecule has 2 nitrogen and oxygen atoms in total. The number of hydrogen-bond donors (Lipinski definition) is 2. The minimum absolute atomic E-state index is 0.0445. The van der Waals surface area contributed by atoms with Gasteiger partial charge in [0.2, 0.25) is 0 Å². The zero-order valence-corrected chi connectivity index (χ0v) is 11.7. The summed E-state index contributed by atoms with van der Waals surface area (Å²) in [5.41, 5.74) is 6.97. The van der Waals surface area contributed by atoms with Crippen molar-refractivity contribution >= 4 is 15.9 Å². The fourth-order valence-electron chi connectivity index (χ4n) is 2.48.